The zero-order valence-electron chi connectivity index (χ0n) is 7.70. The summed E-state index contributed by atoms with van der Waals surface area (Å²) in [6.45, 7) is 1.88. The topological polar surface area (TPSA) is 48.6 Å². The highest BCUT2D eigenvalue weighted by Gasteiger charge is 2.06. The van der Waals surface area contributed by atoms with Crippen LogP contribution in [0.5, 0.6) is 0 Å². The summed E-state index contributed by atoms with van der Waals surface area (Å²) >= 11 is 1.47. The van der Waals surface area contributed by atoms with E-state index in [2.05, 4.69) is 10.2 Å². The van der Waals surface area contributed by atoms with Crippen LogP contribution in [0.25, 0.3) is 0 Å². The van der Waals surface area contributed by atoms with Crippen molar-refractivity contribution in [1.82, 2.24) is 10.2 Å². The number of benzene rings is 1. The monoisotopic (exact) mass is 206 g/mol. The van der Waals surface area contributed by atoms with Crippen LogP contribution in [0.3, 0.4) is 0 Å². The van der Waals surface area contributed by atoms with Crippen LogP contribution in [0.15, 0.2) is 44.9 Å². The third-order valence-electron chi connectivity index (χ3n) is 1.87. The minimum absolute atomic E-state index is 0.0589. The maximum Gasteiger partial charge on any atom is 0.278 e. The zero-order valence-corrected chi connectivity index (χ0v) is 8.52. The van der Waals surface area contributed by atoms with Gasteiger partial charge in [-0.2, -0.15) is 0 Å². The number of aryl methyl sites for hydroxylation is 1. The Kier molecular flexibility index (Phi) is 2.45. The molecule has 0 spiro atoms. The van der Waals surface area contributed by atoms with Crippen LogP contribution in [0.1, 0.15) is 5.69 Å². The second-order valence-corrected chi connectivity index (χ2v) is 4.03. The average Bonchev–Trinajstić information content (AvgIpc) is 2.51. The van der Waals surface area contributed by atoms with Crippen molar-refractivity contribution >= 4 is 11.8 Å². The first-order valence-electron chi connectivity index (χ1n) is 4.27. The molecule has 0 saturated carbocycles. The minimum Gasteiger partial charge on any atom is -0.301 e. The molecule has 1 aromatic heterocycles. The van der Waals surface area contributed by atoms with Crippen molar-refractivity contribution in [2.24, 2.45) is 0 Å². The highest BCUT2D eigenvalue weighted by Crippen LogP contribution is 2.25. The summed E-state index contributed by atoms with van der Waals surface area (Å²) in [5.74, 6) is 0. The molecule has 0 fully saturated rings. The highest BCUT2D eigenvalue weighted by atomic mass is 32.2. The molecule has 1 heterocycles. The van der Waals surface area contributed by atoms with Gasteiger partial charge in [0, 0.05) is 10.6 Å². The molecule has 4 heteroatoms. The third kappa shape index (κ3) is 1.75. The highest BCUT2D eigenvalue weighted by molar-refractivity contribution is 7.99. The quantitative estimate of drug-likeness (QED) is 0.791. The van der Waals surface area contributed by atoms with Gasteiger partial charge in [0.05, 0.1) is 4.90 Å². The predicted molar refractivity (Wildman–Crippen MR) is 56.7 cm³/mol. The predicted octanol–water partition coefficient (Wildman–Crippen LogP) is 2.16. The summed E-state index contributed by atoms with van der Waals surface area (Å²) in [6.07, 6.45) is 0. The van der Waals surface area contributed by atoms with Crippen LogP contribution in [-0.4, -0.2) is 10.2 Å². The number of hydrogen-bond acceptors (Lipinski definition) is 2. The number of H-pyrrole nitrogens is 2. The first-order chi connectivity index (χ1) is 6.77. The SMILES string of the molecule is Cc1[nH][nH]c(=O)c1Sc1ccccc1. The molecule has 0 saturated heterocycles. The molecule has 0 aliphatic carbocycles. The molecule has 1 aromatic carbocycles. The van der Waals surface area contributed by atoms with Crippen molar-refractivity contribution in [2.75, 3.05) is 0 Å². The van der Waals surface area contributed by atoms with E-state index >= 15 is 0 Å². The number of aromatic amines is 2. The Morgan fingerprint density at radius 3 is 2.43 bits per heavy atom. The number of aromatic nitrogens is 2. The Morgan fingerprint density at radius 2 is 1.86 bits per heavy atom. The summed E-state index contributed by atoms with van der Waals surface area (Å²) < 4.78 is 0. The second-order valence-electron chi connectivity index (χ2n) is 2.95. The lowest BCUT2D eigenvalue weighted by molar-refractivity contribution is 1.02. The Labute approximate surface area is 85.5 Å². The summed E-state index contributed by atoms with van der Waals surface area (Å²) in [4.78, 5) is 13.1. The van der Waals surface area contributed by atoms with Gasteiger partial charge in [0.1, 0.15) is 0 Å². The van der Waals surface area contributed by atoms with Gasteiger partial charge >= 0.3 is 0 Å². The molecule has 0 amide bonds. The minimum atomic E-state index is -0.0589. The molecular formula is C10H10N2OS. The lowest BCUT2D eigenvalue weighted by Gasteiger charge is -1.97. The maximum absolute atomic E-state index is 11.3. The van der Waals surface area contributed by atoms with E-state index in [1.54, 1.807) is 0 Å². The van der Waals surface area contributed by atoms with E-state index in [1.165, 1.54) is 11.8 Å². The second kappa shape index (κ2) is 3.75. The fraction of sp³-hybridized carbons (Fsp3) is 0.100. The van der Waals surface area contributed by atoms with Gasteiger partial charge in [-0.3, -0.25) is 9.89 Å². The molecule has 0 bridgehead atoms. The van der Waals surface area contributed by atoms with Crippen molar-refractivity contribution in [2.45, 2.75) is 16.7 Å². The molecule has 2 rings (SSSR count). The molecule has 0 unspecified atom stereocenters. The van der Waals surface area contributed by atoms with E-state index in [4.69, 9.17) is 0 Å². The fourth-order valence-electron chi connectivity index (χ4n) is 1.16. The van der Waals surface area contributed by atoms with Crippen LogP contribution in [-0.2, 0) is 0 Å². The Balaban J connectivity index is 2.32. The molecular weight excluding hydrogens is 196 g/mol. The zero-order chi connectivity index (χ0) is 9.97. The molecule has 72 valence electrons. The first-order valence-corrected chi connectivity index (χ1v) is 5.09. The molecule has 2 aromatic rings. The van der Waals surface area contributed by atoms with Crippen molar-refractivity contribution < 1.29 is 0 Å². The lowest BCUT2D eigenvalue weighted by Crippen LogP contribution is -2.00. The molecule has 0 atom stereocenters. The summed E-state index contributed by atoms with van der Waals surface area (Å²) in [6, 6.07) is 9.84. The van der Waals surface area contributed by atoms with Gasteiger partial charge in [0.15, 0.2) is 0 Å². The van der Waals surface area contributed by atoms with Crippen LogP contribution in [0, 0.1) is 6.92 Å². The molecule has 14 heavy (non-hydrogen) atoms. The van der Waals surface area contributed by atoms with E-state index in [1.807, 2.05) is 37.3 Å². The molecule has 0 aliphatic rings. The van der Waals surface area contributed by atoms with Crippen molar-refractivity contribution in [3.63, 3.8) is 0 Å². The van der Waals surface area contributed by atoms with Gasteiger partial charge in [0.25, 0.3) is 5.56 Å². The smallest absolute Gasteiger partial charge is 0.278 e. The van der Waals surface area contributed by atoms with E-state index in [0.717, 1.165) is 15.5 Å². The van der Waals surface area contributed by atoms with Gasteiger partial charge in [-0.1, -0.05) is 30.0 Å². The molecule has 2 N–H and O–H groups in total. The van der Waals surface area contributed by atoms with E-state index in [9.17, 15) is 4.79 Å². The average molecular weight is 206 g/mol. The number of nitrogens with one attached hydrogen (secondary N) is 2. The maximum atomic E-state index is 11.3. The fourth-order valence-corrected chi connectivity index (χ4v) is 2.04. The molecule has 0 radical (unpaired) electrons. The van der Waals surface area contributed by atoms with Gasteiger partial charge in [-0.05, 0) is 19.1 Å². The largest absolute Gasteiger partial charge is 0.301 e. The van der Waals surface area contributed by atoms with Crippen LogP contribution in [0.4, 0.5) is 0 Å². The number of hydrogen-bond donors (Lipinski definition) is 2. The van der Waals surface area contributed by atoms with E-state index in [-0.39, 0.29) is 5.56 Å². The Bertz CT molecular complexity index is 472. The van der Waals surface area contributed by atoms with Crippen LogP contribution < -0.4 is 5.56 Å². The Morgan fingerprint density at radius 1 is 1.14 bits per heavy atom. The first kappa shape index (κ1) is 9.15. The van der Waals surface area contributed by atoms with Crippen molar-refractivity contribution in [3.8, 4) is 0 Å². The summed E-state index contributed by atoms with van der Waals surface area (Å²) in [7, 11) is 0. The van der Waals surface area contributed by atoms with Crippen molar-refractivity contribution in [1.29, 1.82) is 0 Å². The molecule has 0 aliphatic heterocycles. The normalized spacial score (nSPS) is 10.4. The van der Waals surface area contributed by atoms with Gasteiger partial charge in [-0.25, -0.2) is 0 Å². The van der Waals surface area contributed by atoms with Gasteiger partial charge in [-0.15, -0.1) is 0 Å². The standard InChI is InChI=1S/C10H10N2OS/c1-7-9(10(13)12-11-7)14-8-5-3-2-4-6-8/h2-6H,1H3,(H2,11,12,13). The molecule has 3 nitrogen and oxygen atoms in total. The van der Waals surface area contributed by atoms with Crippen molar-refractivity contribution in [3.05, 3.63) is 46.4 Å². The Hall–Kier alpha value is -1.42. The van der Waals surface area contributed by atoms with Gasteiger partial charge < -0.3 is 5.10 Å². The van der Waals surface area contributed by atoms with Crippen LogP contribution >= 0.6 is 11.8 Å². The summed E-state index contributed by atoms with van der Waals surface area (Å²) in [5, 5.41) is 5.35. The van der Waals surface area contributed by atoms with E-state index in [0.29, 0.717) is 0 Å². The number of rotatable bonds is 2. The van der Waals surface area contributed by atoms with Gasteiger partial charge in [0.2, 0.25) is 0 Å². The third-order valence-corrected chi connectivity index (χ3v) is 3.08. The van der Waals surface area contributed by atoms with Crippen LogP contribution in [0.2, 0.25) is 0 Å². The lowest BCUT2D eigenvalue weighted by atomic mass is 10.4. The van der Waals surface area contributed by atoms with E-state index < -0.39 is 0 Å². The summed E-state index contributed by atoms with van der Waals surface area (Å²) in [5.41, 5.74) is 0.820.